The molecule has 48 heavy (non-hydrogen) atoms. The molecule has 270 valence electrons. The van der Waals surface area contributed by atoms with Gasteiger partial charge in [-0.25, -0.2) is 14.8 Å². The standard InChI is InChI=1S/C11H16N2O3.C9H16O4.C6H8N2O2.C3H8N2.C3H5N/c1-2-10-12-6-9(11(14)13-10)16-8-4-3-5-15-7-8;1-2-11-8(10)7-13-9-5-3-4-6-12-9;1-2-5-7-3-4(9)6(10)8-5;1-2-3(4)5;1-2-3-4/h6,8H,2-5,7H2,1H3,(H,12,13,14);9H,2-7H2,1H3;3,9H,2H2,1H3,(H,7,8,10);2H2,1H3,(H3,4,5);2H2,1H3. The number of nitrogens with two attached hydrogens (primary N) is 1. The van der Waals surface area contributed by atoms with E-state index < -0.39 is 5.56 Å². The quantitative estimate of drug-likeness (QED) is 0.145. The molecule has 2 atom stereocenters. The number of esters is 1. The number of nitrogens with zero attached hydrogens (tertiary/aromatic N) is 3. The molecule has 2 aliphatic rings. The number of hydrogen-bond donors (Lipinski definition) is 5. The van der Waals surface area contributed by atoms with Gasteiger partial charge in [-0.1, -0.05) is 27.7 Å². The maximum absolute atomic E-state index is 11.6. The number of nitrogens with one attached hydrogen (secondary N) is 3. The van der Waals surface area contributed by atoms with E-state index in [1.165, 1.54) is 6.20 Å². The van der Waals surface area contributed by atoms with Gasteiger partial charge in [-0.3, -0.25) is 15.0 Å². The molecule has 4 heterocycles. The molecule has 2 unspecified atom stereocenters. The molecule has 0 spiro atoms. The second-order valence-electron chi connectivity index (χ2n) is 10.0. The van der Waals surface area contributed by atoms with Gasteiger partial charge in [0.25, 0.3) is 11.1 Å². The Morgan fingerprint density at radius 2 is 1.67 bits per heavy atom. The molecular weight excluding hydrogens is 626 g/mol. The number of carbonyl (C=O) groups excluding carboxylic acids is 1. The lowest BCUT2D eigenvalue weighted by atomic mass is 10.2. The lowest BCUT2D eigenvalue weighted by Gasteiger charge is -2.22. The highest BCUT2D eigenvalue weighted by atomic mass is 16.7. The first-order valence-electron chi connectivity index (χ1n) is 16.2. The number of aromatic hydroxyl groups is 1. The van der Waals surface area contributed by atoms with Gasteiger partial charge in [0.2, 0.25) is 5.75 Å². The first-order chi connectivity index (χ1) is 23.0. The summed E-state index contributed by atoms with van der Waals surface area (Å²) in [6, 6.07) is 1.93. The summed E-state index contributed by atoms with van der Waals surface area (Å²) >= 11 is 0. The number of nitriles is 1. The smallest absolute Gasteiger partial charge is 0.332 e. The van der Waals surface area contributed by atoms with Gasteiger partial charge in [0.05, 0.1) is 37.5 Å². The molecule has 0 aliphatic carbocycles. The van der Waals surface area contributed by atoms with Crippen LogP contribution in [0.25, 0.3) is 0 Å². The number of H-pyrrole nitrogens is 2. The van der Waals surface area contributed by atoms with Crippen molar-refractivity contribution >= 4 is 11.8 Å². The summed E-state index contributed by atoms with van der Waals surface area (Å²) in [5.74, 6) is 1.15. The van der Waals surface area contributed by atoms with Gasteiger partial charge >= 0.3 is 5.97 Å². The van der Waals surface area contributed by atoms with Crippen molar-refractivity contribution in [3.8, 4) is 17.6 Å². The normalized spacial score (nSPS) is 16.2. The van der Waals surface area contributed by atoms with Crippen LogP contribution in [0.2, 0.25) is 0 Å². The third-order valence-electron chi connectivity index (χ3n) is 6.10. The Labute approximate surface area is 281 Å². The minimum atomic E-state index is -0.480. The van der Waals surface area contributed by atoms with E-state index >= 15 is 0 Å². The second kappa shape index (κ2) is 27.8. The molecule has 0 saturated carbocycles. The first kappa shape index (κ1) is 43.7. The lowest BCUT2D eigenvalue weighted by molar-refractivity contribution is -0.181. The van der Waals surface area contributed by atoms with Crippen LogP contribution >= 0.6 is 0 Å². The van der Waals surface area contributed by atoms with Crippen LogP contribution in [-0.4, -0.2) is 82.3 Å². The lowest BCUT2D eigenvalue weighted by Crippen LogP contribution is -2.30. The summed E-state index contributed by atoms with van der Waals surface area (Å²) in [4.78, 5) is 46.1. The van der Waals surface area contributed by atoms with Crippen molar-refractivity contribution in [1.82, 2.24) is 19.9 Å². The molecule has 0 bridgehead atoms. The number of rotatable bonds is 9. The van der Waals surface area contributed by atoms with Crippen molar-refractivity contribution in [2.75, 3.05) is 33.0 Å². The summed E-state index contributed by atoms with van der Waals surface area (Å²) < 4.78 is 26.0. The Balaban J connectivity index is 0.000000624. The molecule has 0 aromatic carbocycles. The summed E-state index contributed by atoms with van der Waals surface area (Å²) in [5.41, 5.74) is 4.18. The molecule has 0 amide bonds. The van der Waals surface area contributed by atoms with E-state index in [0.29, 0.717) is 50.5 Å². The van der Waals surface area contributed by atoms with Gasteiger partial charge in [0, 0.05) is 38.9 Å². The Kier molecular flexibility index (Phi) is 25.2. The number of amidine groups is 1. The zero-order valence-electron chi connectivity index (χ0n) is 28.8. The van der Waals surface area contributed by atoms with E-state index in [0.717, 1.165) is 51.5 Å². The maximum atomic E-state index is 11.6. The van der Waals surface area contributed by atoms with E-state index in [-0.39, 0.29) is 47.9 Å². The van der Waals surface area contributed by atoms with Crippen LogP contribution < -0.4 is 21.6 Å². The number of aromatic nitrogens is 4. The fourth-order valence-electron chi connectivity index (χ4n) is 3.48. The number of aromatic amines is 2. The number of carbonyl (C=O) groups is 1. The molecule has 2 fully saturated rings. The molecule has 2 aromatic rings. The van der Waals surface area contributed by atoms with Crippen molar-refractivity contribution < 1.29 is 33.6 Å². The Morgan fingerprint density at radius 3 is 2.12 bits per heavy atom. The zero-order valence-corrected chi connectivity index (χ0v) is 28.8. The topological polar surface area (TPSA) is 249 Å². The molecule has 0 radical (unpaired) electrons. The molecule has 16 heteroatoms. The van der Waals surface area contributed by atoms with Crippen LogP contribution in [0.1, 0.15) is 91.2 Å². The summed E-state index contributed by atoms with van der Waals surface area (Å²) in [6.07, 6.45) is 10.0. The second-order valence-corrected chi connectivity index (χ2v) is 10.0. The van der Waals surface area contributed by atoms with E-state index in [1.54, 1.807) is 6.92 Å². The zero-order chi connectivity index (χ0) is 36.2. The van der Waals surface area contributed by atoms with Crippen molar-refractivity contribution in [2.45, 2.75) is 105 Å². The van der Waals surface area contributed by atoms with Gasteiger partial charge in [0.15, 0.2) is 12.0 Å². The highest BCUT2D eigenvalue weighted by Crippen LogP contribution is 2.14. The minimum absolute atomic E-state index is 0.00148. The average molecular weight is 680 g/mol. The van der Waals surface area contributed by atoms with Crippen LogP contribution in [0.3, 0.4) is 0 Å². The molecule has 6 N–H and O–H groups in total. The van der Waals surface area contributed by atoms with Crippen LogP contribution in [-0.2, 0) is 36.6 Å². The molecule has 2 aromatic heterocycles. The minimum Gasteiger partial charge on any atom is -0.502 e. The fraction of sp³-hybridized carbons (Fsp3) is 0.656. The molecule has 4 rings (SSSR count). The van der Waals surface area contributed by atoms with E-state index in [4.69, 9.17) is 45.2 Å². The monoisotopic (exact) mass is 679 g/mol. The third-order valence-corrected chi connectivity index (χ3v) is 6.10. The first-order valence-corrected chi connectivity index (χ1v) is 16.2. The molecule has 16 nitrogen and oxygen atoms in total. The maximum Gasteiger partial charge on any atom is 0.332 e. The van der Waals surface area contributed by atoms with Crippen LogP contribution in [0.15, 0.2) is 22.0 Å². The van der Waals surface area contributed by atoms with Crippen molar-refractivity contribution in [1.29, 1.82) is 10.7 Å². The van der Waals surface area contributed by atoms with Gasteiger partial charge in [-0.05, 0) is 39.0 Å². The van der Waals surface area contributed by atoms with Gasteiger partial charge in [-0.2, -0.15) is 5.26 Å². The predicted octanol–water partition coefficient (Wildman–Crippen LogP) is 3.27. The van der Waals surface area contributed by atoms with Crippen LogP contribution in [0.5, 0.6) is 11.5 Å². The van der Waals surface area contributed by atoms with Crippen molar-refractivity contribution in [3.05, 3.63) is 44.8 Å². The number of hydrogen-bond acceptors (Lipinski definition) is 13. The highest BCUT2D eigenvalue weighted by Gasteiger charge is 2.17. The average Bonchev–Trinajstić information content (AvgIpc) is 3.11. The van der Waals surface area contributed by atoms with Crippen LogP contribution in [0.4, 0.5) is 0 Å². The number of ether oxygens (including phenoxy) is 5. The van der Waals surface area contributed by atoms with E-state index in [1.807, 2.05) is 33.8 Å². The van der Waals surface area contributed by atoms with Gasteiger partial charge in [-0.15, -0.1) is 0 Å². The van der Waals surface area contributed by atoms with Gasteiger partial charge in [0.1, 0.15) is 24.4 Å². The Bertz CT molecular complexity index is 1320. The largest absolute Gasteiger partial charge is 0.502 e. The Hall–Kier alpha value is -4.33. The van der Waals surface area contributed by atoms with E-state index in [2.05, 4.69) is 19.9 Å². The summed E-state index contributed by atoms with van der Waals surface area (Å²) in [6.45, 7) is 11.7. The predicted molar refractivity (Wildman–Crippen MR) is 179 cm³/mol. The molecular formula is C32H53N7O9. The molecule has 2 saturated heterocycles. The van der Waals surface area contributed by atoms with E-state index in [9.17, 15) is 14.4 Å². The third kappa shape index (κ3) is 21.5. The molecule has 2 aliphatic heterocycles. The van der Waals surface area contributed by atoms with Crippen molar-refractivity contribution in [3.63, 3.8) is 0 Å². The highest BCUT2D eigenvalue weighted by molar-refractivity contribution is 5.76. The van der Waals surface area contributed by atoms with Crippen molar-refractivity contribution in [2.24, 2.45) is 5.73 Å². The number of aryl methyl sites for hydroxylation is 2. The Morgan fingerprint density at radius 1 is 1.04 bits per heavy atom. The SMILES string of the molecule is CCC#N.CCC(=N)N.CCOC(=O)COC1CCCCO1.CCc1ncc(O)c(=O)[nH]1.CCc1ncc(OC2CCCOC2)c(=O)[nH]1. The van der Waals surface area contributed by atoms with Crippen LogP contribution in [0, 0.1) is 16.7 Å². The van der Waals surface area contributed by atoms with Gasteiger partial charge < -0.3 is 44.5 Å². The summed E-state index contributed by atoms with van der Waals surface area (Å²) in [7, 11) is 0. The summed E-state index contributed by atoms with van der Waals surface area (Å²) in [5, 5.41) is 22.9. The fourth-order valence-corrected chi connectivity index (χ4v) is 3.48.